The first-order chi connectivity index (χ1) is 6.63. The second kappa shape index (κ2) is 5.20. The topological polar surface area (TPSA) is 44.5 Å². The first kappa shape index (κ1) is 11.3. The highest BCUT2D eigenvalue weighted by Gasteiger charge is 2.04. The lowest BCUT2D eigenvalue weighted by Crippen LogP contribution is -2.06. The van der Waals surface area contributed by atoms with Crippen LogP contribution in [0.1, 0.15) is 19.4 Å². The van der Waals surface area contributed by atoms with Crippen molar-refractivity contribution in [1.82, 2.24) is 0 Å². The molecule has 0 bridgehead atoms. The predicted molar refractivity (Wildman–Crippen MR) is 56.2 cm³/mol. The van der Waals surface area contributed by atoms with Crippen molar-refractivity contribution in [3.63, 3.8) is 0 Å². The van der Waals surface area contributed by atoms with Gasteiger partial charge in [0, 0.05) is 0 Å². The van der Waals surface area contributed by atoms with E-state index in [0.717, 1.165) is 5.56 Å². The van der Waals surface area contributed by atoms with E-state index in [2.05, 4.69) is 4.84 Å². The molecular formula is C10H14ClNO2. The summed E-state index contributed by atoms with van der Waals surface area (Å²) in [5, 5.41) is 0.577. The average molecular weight is 216 g/mol. The predicted octanol–water partition coefficient (Wildman–Crippen LogP) is 2.52. The SMILES string of the molecule is CC(C)Oc1ccc(CON)cc1Cl. The van der Waals surface area contributed by atoms with Gasteiger partial charge in [0.1, 0.15) is 5.75 Å². The first-order valence-electron chi connectivity index (χ1n) is 4.40. The summed E-state index contributed by atoms with van der Waals surface area (Å²) in [4.78, 5) is 4.50. The Hall–Kier alpha value is -0.770. The molecule has 3 nitrogen and oxygen atoms in total. The van der Waals surface area contributed by atoms with Gasteiger partial charge in [-0.3, -0.25) is 4.84 Å². The van der Waals surface area contributed by atoms with E-state index in [4.69, 9.17) is 22.2 Å². The molecule has 0 saturated heterocycles. The maximum absolute atomic E-state index is 5.99. The Morgan fingerprint density at radius 3 is 2.64 bits per heavy atom. The van der Waals surface area contributed by atoms with Gasteiger partial charge in [0.05, 0.1) is 17.7 Å². The Bertz CT molecular complexity index is 302. The van der Waals surface area contributed by atoms with E-state index in [1.165, 1.54) is 0 Å². The molecule has 0 aliphatic rings. The summed E-state index contributed by atoms with van der Waals surface area (Å²) in [5.74, 6) is 5.64. The Kier molecular flexibility index (Phi) is 4.20. The zero-order valence-electron chi connectivity index (χ0n) is 8.29. The average Bonchev–Trinajstić information content (AvgIpc) is 2.10. The van der Waals surface area contributed by atoms with Crippen molar-refractivity contribution in [2.75, 3.05) is 0 Å². The summed E-state index contributed by atoms with van der Waals surface area (Å²) >= 11 is 5.99. The van der Waals surface area contributed by atoms with E-state index < -0.39 is 0 Å². The smallest absolute Gasteiger partial charge is 0.138 e. The first-order valence-corrected chi connectivity index (χ1v) is 4.78. The standard InChI is InChI=1S/C10H14ClNO2/c1-7(2)14-10-4-3-8(6-13-12)5-9(10)11/h3-5,7H,6,12H2,1-2H3. The van der Waals surface area contributed by atoms with Gasteiger partial charge in [0.25, 0.3) is 0 Å². The third kappa shape index (κ3) is 3.18. The van der Waals surface area contributed by atoms with Crippen molar-refractivity contribution < 1.29 is 9.57 Å². The minimum absolute atomic E-state index is 0.115. The van der Waals surface area contributed by atoms with Crippen LogP contribution in [0.15, 0.2) is 18.2 Å². The molecule has 4 heteroatoms. The molecule has 14 heavy (non-hydrogen) atoms. The van der Waals surface area contributed by atoms with Crippen LogP contribution in [0, 0.1) is 0 Å². The Balaban J connectivity index is 2.79. The minimum Gasteiger partial charge on any atom is -0.489 e. The number of benzene rings is 1. The molecule has 0 spiro atoms. The van der Waals surface area contributed by atoms with E-state index in [1.54, 1.807) is 6.07 Å². The van der Waals surface area contributed by atoms with E-state index in [9.17, 15) is 0 Å². The number of nitrogens with two attached hydrogens (primary N) is 1. The third-order valence-electron chi connectivity index (χ3n) is 1.61. The lowest BCUT2D eigenvalue weighted by atomic mass is 10.2. The molecule has 2 N–H and O–H groups in total. The molecule has 0 fully saturated rings. The molecule has 0 aliphatic carbocycles. The number of hydrogen-bond acceptors (Lipinski definition) is 3. The molecular weight excluding hydrogens is 202 g/mol. The fourth-order valence-corrected chi connectivity index (χ4v) is 1.33. The van der Waals surface area contributed by atoms with Crippen LogP contribution in [0.3, 0.4) is 0 Å². The lowest BCUT2D eigenvalue weighted by molar-refractivity contribution is 0.124. The van der Waals surface area contributed by atoms with Crippen LogP contribution in [0.25, 0.3) is 0 Å². The van der Waals surface area contributed by atoms with Crippen molar-refractivity contribution in [1.29, 1.82) is 0 Å². The van der Waals surface area contributed by atoms with Crippen LogP contribution < -0.4 is 10.6 Å². The van der Waals surface area contributed by atoms with E-state index >= 15 is 0 Å². The largest absolute Gasteiger partial charge is 0.489 e. The molecule has 0 radical (unpaired) electrons. The second-order valence-corrected chi connectivity index (χ2v) is 3.65. The molecule has 0 amide bonds. The molecule has 78 valence electrons. The van der Waals surface area contributed by atoms with Crippen LogP contribution in [0.2, 0.25) is 5.02 Å². The van der Waals surface area contributed by atoms with Crippen LogP contribution in [0.5, 0.6) is 5.75 Å². The minimum atomic E-state index is 0.115. The summed E-state index contributed by atoms with van der Waals surface area (Å²) in [5.41, 5.74) is 0.925. The highest BCUT2D eigenvalue weighted by molar-refractivity contribution is 6.32. The van der Waals surface area contributed by atoms with Gasteiger partial charge in [-0.05, 0) is 31.5 Å². The highest BCUT2D eigenvalue weighted by Crippen LogP contribution is 2.26. The summed E-state index contributed by atoms with van der Waals surface area (Å²) in [7, 11) is 0. The summed E-state index contributed by atoms with van der Waals surface area (Å²) in [6.07, 6.45) is 0.115. The third-order valence-corrected chi connectivity index (χ3v) is 1.90. The van der Waals surface area contributed by atoms with Crippen LogP contribution >= 0.6 is 11.6 Å². The highest BCUT2D eigenvalue weighted by atomic mass is 35.5. The monoisotopic (exact) mass is 215 g/mol. The number of rotatable bonds is 4. The number of hydrogen-bond donors (Lipinski definition) is 1. The van der Waals surface area contributed by atoms with E-state index in [0.29, 0.717) is 17.4 Å². The van der Waals surface area contributed by atoms with Crippen molar-refractivity contribution in [2.45, 2.75) is 26.6 Å². The van der Waals surface area contributed by atoms with Gasteiger partial charge in [0.15, 0.2) is 0 Å². The van der Waals surface area contributed by atoms with Crippen LogP contribution in [-0.4, -0.2) is 6.10 Å². The quantitative estimate of drug-likeness (QED) is 0.785. The van der Waals surface area contributed by atoms with Crippen LogP contribution in [0.4, 0.5) is 0 Å². The zero-order valence-corrected chi connectivity index (χ0v) is 9.04. The summed E-state index contributed by atoms with van der Waals surface area (Å²) in [6.45, 7) is 4.25. The van der Waals surface area contributed by atoms with E-state index in [1.807, 2.05) is 26.0 Å². The fourth-order valence-electron chi connectivity index (χ4n) is 1.08. The lowest BCUT2D eigenvalue weighted by Gasteiger charge is -2.11. The molecule has 0 aliphatic heterocycles. The normalized spacial score (nSPS) is 10.6. The van der Waals surface area contributed by atoms with Gasteiger partial charge in [-0.2, -0.15) is 0 Å². The zero-order chi connectivity index (χ0) is 10.6. The molecule has 1 aromatic carbocycles. The summed E-state index contributed by atoms with van der Waals surface area (Å²) in [6, 6.07) is 5.47. The van der Waals surface area contributed by atoms with Crippen LogP contribution in [-0.2, 0) is 11.4 Å². The molecule has 0 unspecified atom stereocenters. The van der Waals surface area contributed by atoms with Crippen molar-refractivity contribution >= 4 is 11.6 Å². The molecule has 1 rings (SSSR count). The fraction of sp³-hybridized carbons (Fsp3) is 0.400. The van der Waals surface area contributed by atoms with Gasteiger partial charge in [-0.25, -0.2) is 5.90 Å². The van der Waals surface area contributed by atoms with Crippen molar-refractivity contribution in [2.24, 2.45) is 5.90 Å². The Morgan fingerprint density at radius 2 is 2.14 bits per heavy atom. The van der Waals surface area contributed by atoms with Gasteiger partial charge >= 0.3 is 0 Å². The van der Waals surface area contributed by atoms with Crippen molar-refractivity contribution in [3.8, 4) is 5.75 Å². The van der Waals surface area contributed by atoms with E-state index in [-0.39, 0.29) is 6.10 Å². The van der Waals surface area contributed by atoms with Gasteiger partial charge in [0.2, 0.25) is 0 Å². The van der Waals surface area contributed by atoms with Gasteiger partial charge in [-0.1, -0.05) is 17.7 Å². The molecule has 0 aromatic heterocycles. The Morgan fingerprint density at radius 1 is 1.43 bits per heavy atom. The summed E-state index contributed by atoms with van der Waals surface area (Å²) < 4.78 is 5.47. The van der Waals surface area contributed by atoms with Gasteiger partial charge in [-0.15, -0.1) is 0 Å². The maximum Gasteiger partial charge on any atom is 0.138 e. The molecule has 1 aromatic rings. The van der Waals surface area contributed by atoms with Gasteiger partial charge < -0.3 is 4.74 Å². The second-order valence-electron chi connectivity index (χ2n) is 3.24. The number of halogens is 1. The molecule has 0 atom stereocenters. The van der Waals surface area contributed by atoms with Crippen molar-refractivity contribution in [3.05, 3.63) is 28.8 Å². The Labute approximate surface area is 88.7 Å². The maximum atomic E-state index is 5.99. The molecule has 0 saturated carbocycles. The molecule has 0 heterocycles. The number of ether oxygens (including phenoxy) is 1.